The predicted octanol–water partition coefficient (Wildman–Crippen LogP) is 4.10. The van der Waals surface area contributed by atoms with Crippen LogP contribution in [0.15, 0.2) is 0 Å². The Bertz CT molecular complexity index is 367. The molecule has 23 heavy (non-hydrogen) atoms. The second-order valence-electron chi connectivity index (χ2n) is 7.48. The highest BCUT2D eigenvalue weighted by Crippen LogP contribution is 2.10. The summed E-state index contributed by atoms with van der Waals surface area (Å²) in [5, 5.41) is 0. The molecule has 0 fully saturated rings. The van der Waals surface area contributed by atoms with Crippen molar-refractivity contribution in [3.05, 3.63) is 0 Å². The third-order valence-electron chi connectivity index (χ3n) is 4.03. The average Bonchev–Trinajstić information content (AvgIpc) is 2.40. The van der Waals surface area contributed by atoms with Crippen molar-refractivity contribution in [1.82, 2.24) is 4.31 Å². The predicted molar refractivity (Wildman–Crippen MR) is 112 cm³/mol. The topological polar surface area (TPSA) is 37.4 Å². The van der Waals surface area contributed by atoms with Crippen molar-refractivity contribution < 1.29 is 12.9 Å². The molecule has 0 heterocycles. The first-order chi connectivity index (χ1) is 10.2. The number of hydrogen-bond donors (Lipinski definition) is 0. The standard InChI is InChI=1S/C17H39N2O2S.HI/c1-6-7-8-9-10-11-12-13-17-22(20,21)18(2)15-14-16-19(3,4)5;/h6-17H2,1-5H3;1H/q+1;. The van der Waals surface area contributed by atoms with Crippen molar-refractivity contribution in [2.75, 3.05) is 47.0 Å². The fraction of sp³-hybridized carbons (Fsp3) is 1.00. The zero-order valence-corrected chi connectivity index (χ0v) is 19.2. The van der Waals surface area contributed by atoms with E-state index in [0.717, 1.165) is 30.3 Å². The van der Waals surface area contributed by atoms with Crippen molar-refractivity contribution in [1.29, 1.82) is 0 Å². The monoisotopic (exact) mass is 463 g/mol. The Labute approximate surface area is 162 Å². The van der Waals surface area contributed by atoms with Crippen molar-refractivity contribution in [3.8, 4) is 0 Å². The van der Waals surface area contributed by atoms with Crippen molar-refractivity contribution in [2.45, 2.75) is 64.7 Å². The van der Waals surface area contributed by atoms with Crippen molar-refractivity contribution >= 4 is 34.0 Å². The highest BCUT2D eigenvalue weighted by Gasteiger charge is 2.18. The van der Waals surface area contributed by atoms with Gasteiger partial charge >= 0.3 is 0 Å². The number of hydrogen-bond acceptors (Lipinski definition) is 2. The molecule has 0 aromatic carbocycles. The third kappa shape index (κ3) is 15.8. The minimum atomic E-state index is -3.05. The number of unbranched alkanes of at least 4 members (excludes halogenated alkanes) is 7. The zero-order valence-electron chi connectivity index (χ0n) is 16.0. The largest absolute Gasteiger partial charge is 0.331 e. The Morgan fingerprint density at radius 2 is 1.30 bits per heavy atom. The lowest BCUT2D eigenvalue weighted by Crippen LogP contribution is -2.38. The molecule has 0 aromatic rings. The van der Waals surface area contributed by atoms with Gasteiger partial charge in [0.15, 0.2) is 0 Å². The summed E-state index contributed by atoms with van der Waals surface area (Å²) in [6, 6.07) is 0. The minimum absolute atomic E-state index is 0. The van der Waals surface area contributed by atoms with E-state index in [0.29, 0.717) is 12.3 Å². The number of quaternary nitrogens is 1. The molecule has 0 aliphatic carbocycles. The van der Waals surface area contributed by atoms with Crippen LogP contribution in [0.5, 0.6) is 0 Å². The van der Waals surface area contributed by atoms with Crippen LogP contribution < -0.4 is 0 Å². The summed E-state index contributed by atoms with van der Waals surface area (Å²) in [5.41, 5.74) is 0. The number of halogens is 1. The first-order valence-electron chi connectivity index (χ1n) is 8.93. The highest BCUT2D eigenvalue weighted by molar-refractivity contribution is 14.0. The molecule has 0 amide bonds. The molecule has 142 valence electrons. The smallest absolute Gasteiger partial charge is 0.213 e. The SMILES string of the molecule is CCCCCCCCCCS(=O)(=O)N(C)CCC[N+](C)(C)C.I. The molecule has 0 bridgehead atoms. The van der Waals surface area contributed by atoms with Gasteiger partial charge in [-0.25, -0.2) is 12.7 Å². The summed E-state index contributed by atoms with van der Waals surface area (Å²) in [7, 11) is 5.07. The molecule has 0 N–H and O–H groups in total. The molecule has 0 saturated carbocycles. The van der Waals surface area contributed by atoms with E-state index in [-0.39, 0.29) is 24.0 Å². The molecular formula is C17H40IN2O2S+. The Hall–Kier alpha value is 0.600. The lowest BCUT2D eigenvalue weighted by molar-refractivity contribution is -0.870. The first kappa shape index (κ1) is 25.8. The van der Waals surface area contributed by atoms with Crippen LogP contribution in [0.4, 0.5) is 0 Å². The molecule has 0 aliphatic rings. The first-order valence-corrected chi connectivity index (χ1v) is 10.5. The van der Waals surface area contributed by atoms with Crippen LogP contribution in [0.25, 0.3) is 0 Å². The van der Waals surface area contributed by atoms with Gasteiger partial charge in [0.05, 0.1) is 33.4 Å². The molecule has 0 aliphatic heterocycles. The lowest BCUT2D eigenvalue weighted by atomic mass is 10.1. The Morgan fingerprint density at radius 3 is 1.78 bits per heavy atom. The van der Waals surface area contributed by atoms with E-state index >= 15 is 0 Å². The van der Waals surface area contributed by atoms with Gasteiger partial charge in [0.1, 0.15) is 0 Å². The van der Waals surface area contributed by atoms with Gasteiger partial charge in [0, 0.05) is 20.0 Å². The zero-order chi connectivity index (χ0) is 17.1. The summed E-state index contributed by atoms with van der Waals surface area (Å²) in [6.07, 6.45) is 10.4. The Balaban J connectivity index is 0. The van der Waals surface area contributed by atoms with E-state index in [1.54, 1.807) is 11.4 Å². The van der Waals surface area contributed by atoms with Crippen molar-refractivity contribution in [2.24, 2.45) is 0 Å². The fourth-order valence-electron chi connectivity index (χ4n) is 2.48. The van der Waals surface area contributed by atoms with Gasteiger partial charge in [-0.05, 0) is 6.42 Å². The normalized spacial score (nSPS) is 12.4. The van der Waals surface area contributed by atoms with Gasteiger partial charge in [0.2, 0.25) is 10.0 Å². The van der Waals surface area contributed by atoms with Crippen LogP contribution in [0, 0.1) is 0 Å². The molecule has 0 spiro atoms. The fourth-order valence-corrected chi connectivity index (χ4v) is 3.77. The van der Waals surface area contributed by atoms with E-state index in [1.165, 1.54) is 38.5 Å². The van der Waals surface area contributed by atoms with Crippen LogP contribution in [0.3, 0.4) is 0 Å². The number of sulfonamides is 1. The van der Waals surface area contributed by atoms with E-state index in [1.807, 2.05) is 0 Å². The molecule has 0 atom stereocenters. The second kappa shape index (κ2) is 13.8. The van der Waals surface area contributed by atoms with Gasteiger partial charge in [-0.2, -0.15) is 0 Å². The summed E-state index contributed by atoms with van der Waals surface area (Å²) in [4.78, 5) is 0. The third-order valence-corrected chi connectivity index (χ3v) is 5.97. The van der Waals surface area contributed by atoms with E-state index in [9.17, 15) is 8.42 Å². The van der Waals surface area contributed by atoms with Gasteiger partial charge in [-0.15, -0.1) is 24.0 Å². The summed E-state index contributed by atoms with van der Waals surface area (Å²) in [5.74, 6) is 0.308. The minimum Gasteiger partial charge on any atom is -0.331 e. The van der Waals surface area contributed by atoms with Crippen LogP contribution in [0.2, 0.25) is 0 Å². The Kier molecular flexibility index (Phi) is 15.5. The lowest BCUT2D eigenvalue weighted by Gasteiger charge is -2.25. The molecule has 0 radical (unpaired) electrons. The maximum Gasteiger partial charge on any atom is 0.213 e. The Morgan fingerprint density at radius 1 is 0.826 bits per heavy atom. The van der Waals surface area contributed by atoms with Crippen LogP contribution in [-0.4, -0.2) is 64.2 Å². The molecule has 0 saturated heterocycles. The quantitative estimate of drug-likeness (QED) is 0.221. The molecule has 0 unspecified atom stereocenters. The molecule has 6 heteroatoms. The van der Waals surface area contributed by atoms with Crippen LogP contribution in [0.1, 0.15) is 64.7 Å². The van der Waals surface area contributed by atoms with Gasteiger partial charge in [0.25, 0.3) is 0 Å². The van der Waals surface area contributed by atoms with E-state index in [4.69, 9.17) is 0 Å². The van der Waals surface area contributed by atoms with Crippen LogP contribution >= 0.6 is 24.0 Å². The van der Waals surface area contributed by atoms with Gasteiger partial charge in [-0.3, -0.25) is 0 Å². The van der Waals surface area contributed by atoms with Gasteiger partial charge < -0.3 is 4.48 Å². The highest BCUT2D eigenvalue weighted by atomic mass is 127. The summed E-state index contributed by atoms with van der Waals surface area (Å²) in [6.45, 7) is 3.86. The number of nitrogens with zero attached hydrogens (tertiary/aromatic N) is 2. The molecule has 0 aromatic heterocycles. The number of rotatable bonds is 14. The average molecular weight is 463 g/mol. The van der Waals surface area contributed by atoms with Gasteiger partial charge in [-0.1, -0.05) is 51.9 Å². The summed E-state index contributed by atoms with van der Waals surface area (Å²) < 4.78 is 26.8. The molecule has 0 rings (SSSR count). The van der Waals surface area contributed by atoms with Crippen LogP contribution in [-0.2, 0) is 10.0 Å². The second-order valence-corrected chi connectivity index (χ2v) is 9.68. The van der Waals surface area contributed by atoms with E-state index in [2.05, 4.69) is 28.1 Å². The van der Waals surface area contributed by atoms with Crippen molar-refractivity contribution in [3.63, 3.8) is 0 Å². The maximum absolute atomic E-state index is 12.2. The maximum atomic E-state index is 12.2. The van der Waals surface area contributed by atoms with E-state index < -0.39 is 10.0 Å². The molecular weight excluding hydrogens is 423 g/mol. The summed E-state index contributed by atoms with van der Waals surface area (Å²) >= 11 is 0. The molecule has 4 nitrogen and oxygen atoms in total.